The first-order chi connectivity index (χ1) is 19.4. The van der Waals surface area contributed by atoms with Crippen LogP contribution in [0.1, 0.15) is 66.0 Å². The van der Waals surface area contributed by atoms with Crippen LogP contribution in [0.15, 0.2) is 54.6 Å². The molecule has 2 saturated heterocycles. The van der Waals surface area contributed by atoms with Gasteiger partial charge < -0.3 is 19.8 Å². The number of carbonyl (C=O) groups is 3. The summed E-state index contributed by atoms with van der Waals surface area (Å²) in [5.74, 6) is -1.60. The van der Waals surface area contributed by atoms with Gasteiger partial charge in [-0.3, -0.25) is 14.4 Å². The van der Waals surface area contributed by atoms with Crippen molar-refractivity contribution in [2.75, 3.05) is 26.2 Å². The van der Waals surface area contributed by atoms with Gasteiger partial charge in [0, 0.05) is 30.4 Å². The molecule has 1 N–H and O–H groups in total. The number of hydrogen-bond acceptors (Lipinski definition) is 5. The Balaban J connectivity index is 1.66. The second-order valence-corrected chi connectivity index (χ2v) is 15.3. The van der Waals surface area contributed by atoms with Crippen molar-refractivity contribution < 1.29 is 19.5 Å². The molecule has 2 fully saturated rings. The summed E-state index contributed by atoms with van der Waals surface area (Å²) in [6.07, 6.45) is 9.84. The van der Waals surface area contributed by atoms with Crippen molar-refractivity contribution in [2.24, 2.45) is 17.3 Å². The quantitative estimate of drug-likeness (QED) is 0.483. The summed E-state index contributed by atoms with van der Waals surface area (Å²) >= 11 is 1.59. The average molecular weight is 580 g/mol. The van der Waals surface area contributed by atoms with E-state index in [0.29, 0.717) is 19.6 Å². The third-order valence-corrected chi connectivity index (χ3v) is 10.8. The first kappa shape index (κ1) is 29.9. The molecule has 0 radical (unpaired) electrons. The Hall–Kier alpha value is -2.58. The Morgan fingerprint density at radius 1 is 1.00 bits per heavy atom. The minimum atomic E-state index is -0.909. The van der Waals surface area contributed by atoms with Gasteiger partial charge in [-0.2, -0.15) is 0 Å². The number of fused-ring (bicyclic) bond motifs is 2. The minimum absolute atomic E-state index is 0.0135. The Morgan fingerprint density at radius 2 is 1.71 bits per heavy atom. The fourth-order valence-corrected chi connectivity index (χ4v) is 9.90. The Kier molecular flexibility index (Phi) is 7.96. The lowest BCUT2D eigenvalue weighted by atomic mass is 9.77. The molecule has 4 aliphatic heterocycles. The van der Waals surface area contributed by atoms with E-state index in [1.165, 1.54) is 0 Å². The zero-order chi connectivity index (χ0) is 29.7. The van der Waals surface area contributed by atoms with Crippen LogP contribution in [0, 0.1) is 17.3 Å². The summed E-state index contributed by atoms with van der Waals surface area (Å²) in [6.45, 7) is 14.1. The van der Waals surface area contributed by atoms with E-state index in [-0.39, 0.29) is 35.0 Å². The summed E-state index contributed by atoms with van der Waals surface area (Å²) in [5, 5.41) is 10.6. The third kappa shape index (κ3) is 5.05. The van der Waals surface area contributed by atoms with Gasteiger partial charge in [0.05, 0.1) is 29.2 Å². The predicted octanol–water partition coefficient (Wildman–Crippen LogP) is 4.44. The van der Waals surface area contributed by atoms with Crippen molar-refractivity contribution in [1.29, 1.82) is 0 Å². The molecule has 41 heavy (non-hydrogen) atoms. The molecule has 1 unspecified atom stereocenters. The van der Waals surface area contributed by atoms with Gasteiger partial charge in [0.15, 0.2) is 0 Å². The van der Waals surface area contributed by atoms with Crippen LogP contribution in [0.2, 0.25) is 0 Å². The third-order valence-electron chi connectivity index (χ3n) is 9.06. The van der Waals surface area contributed by atoms with Crippen molar-refractivity contribution in [2.45, 2.75) is 82.0 Å². The number of amides is 3. The van der Waals surface area contributed by atoms with Crippen LogP contribution in [-0.4, -0.2) is 85.3 Å². The number of aliphatic hydroxyl groups excluding tert-OH is 1. The molecule has 7 nitrogen and oxygen atoms in total. The van der Waals surface area contributed by atoms with E-state index < -0.39 is 34.2 Å². The van der Waals surface area contributed by atoms with E-state index in [9.17, 15) is 19.5 Å². The standard InChI is InChI=1S/C33H45N3O4S/c1-7-17-34-18-11-15-24-25(28(34)38)26-29(39)36(23(20-37)22-13-9-8-10-14-22)27-30(40)35(19-12-16-33(26,27)41-24)32(5,6)21-31(2,3)4/h8-16,23-27,37H,7,17-21H2,1-6H3/t23-,24-,25+,26+,27?,33+/m1/s1. The maximum absolute atomic E-state index is 14.9. The van der Waals surface area contributed by atoms with Crippen molar-refractivity contribution >= 4 is 29.5 Å². The van der Waals surface area contributed by atoms with Gasteiger partial charge >= 0.3 is 0 Å². The second-order valence-electron chi connectivity index (χ2n) is 13.8. The zero-order valence-electron chi connectivity index (χ0n) is 25.2. The lowest BCUT2D eigenvalue weighted by Crippen LogP contribution is -2.59. The summed E-state index contributed by atoms with van der Waals surface area (Å²) in [4.78, 5) is 49.2. The van der Waals surface area contributed by atoms with E-state index in [2.05, 4.69) is 53.7 Å². The molecule has 3 amide bonds. The van der Waals surface area contributed by atoms with Gasteiger partial charge in [-0.15, -0.1) is 11.8 Å². The fourth-order valence-electron chi connectivity index (χ4n) is 7.90. The van der Waals surface area contributed by atoms with Crippen LogP contribution >= 0.6 is 11.8 Å². The molecule has 0 aromatic heterocycles. The van der Waals surface area contributed by atoms with Crippen molar-refractivity contribution in [3.8, 4) is 0 Å². The van der Waals surface area contributed by atoms with Crippen LogP contribution in [0.3, 0.4) is 0 Å². The predicted molar refractivity (Wildman–Crippen MR) is 163 cm³/mol. The van der Waals surface area contributed by atoms with Crippen molar-refractivity contribution in [3.05, 3.63) is 60.2 Å². The van der Waals surface area contributed by atoms with E-state index in [1.807, 2.05) is 52.3 Å². The summed E-state index contributed by atoms with van der Waals surface area (Å²) < 4.78 is -0.909. The molecule has 6 atom stereocenters. The Labute approximate surface area is 249 Å². The number of likely N-dealkylation sites (tertiary alicyclic amines) is 1. The molecule has 0 aliphatic carbocycles. The molecule has 222 valence electrons. The highest BCUT2D eigenvalue weighted by Gasteiger charge is 2.72. The number of nitrogens with zero attached hydrogens (tertiary/aromatic N) is 3. The van der Waals surface area contributed by atoms with Gasteiger partial charge in [0.2, 0.25) is 17.7 Å². The van der Waals surface area contributed by atoms with E-state index in [0.717, 1.165) is 18.4 Å². The normalized spacial score (nSPS) is 30.7. The van der Waals surface area contributed by atoms with E-state index >= 15 is 0 Å². The van der Waals surface area contributed by atoms with E-state index in [4.69, 9.17) is 0 Å². The number of carbonyl (C=O) groups excluding carboxylic acids is 3. The van der Waals surface area contributed by atoms with Gasteiger partial charge in [0.1, 0.15) is 6.04 Å². The second kappa shape index (κ2) is 10.9. The molecule has 1 aromatic rings. The molecule has 4 heterocycles. The highest BCUT2D eigenvalue weighted by Crippen LogP contribution is 2.62. The van der Waals surface area contributed by atoms with Crippen LogP contribution in [0.25, 0.3) is 0 Å². The molecule has 1 aromatic carbocycles. The first-order valence-electron chi connectivity index (χ1n) is 15.0. The van der Waals surface area contributed by atoms with Crippen LogP contribution in [0.5, 0.6) is 0 Å². The highest BCUT2D eigenvalue weighted by molar-refractivity contribution is 8.02. The average Bonchev–Trinajstić information content (AvgIpc) is 3.21. The van der Waals surface area contributed by atoms with Crippen molar-refractivity contribution in [3.63, 3.8) is 0 Å². The molecule has 4 aliphatic rings. The lowest BCUT2D eigenvalue weighted by Gasteiger charge is -2.45. The van der Waals surface area contributed by atoms with Gasteiger partial charge in [-0.1, -0.05) is 82.3 Å². The number of hydrogen-bond donors (Lipinski definition) is 1. The molecule has 0 saturated carbocycles. The largest absolute Gasteiger partial charge is 0.394 e. The molecular weight excluding hydrogens is 534 g/mol. The smallest absolute Gasteiger partial charge is 0.247 e. The van der Waals surface area contributed by atoms with Gasteiger partial charge in [-0.05, 0) is 37.7 Å². The molecule has 8 heteroatoms. The number of benzene rings is 1. The van der Waals surface area contributed by atoms with Crippen LogP contribution < -0.4 is 0 Å². The van der Waals surface area contributed by atoms with Gasteiger partial charge in [-0.25, -0.2) is 0 Å². The summed E-state index contributed by atoms with van der Waals surface area (Å²) in [6, 6.07) is 7.92. The number of rotatable bonds is 7. The first-order valence-corrected chi connectivity index (χ1v) is 15.8. The SMILES string of the molecule is CCCN1CC=C[C@H]2S[C@]34C=CCN(C(C)(C)CC(C)(C)C)C(=O)C3N([C@H](CO)c3ccccc3)C(=O)[C@@H]4[C@H]2C1=O. The van der Waals surface area contributed by atoms with E-state index in [1.54, 1.807) is 16.7 Å². The number of thioether (sulfide) groups is 1. The minimum Gasteiger partial charge on any atom is -0.394 e. The van der Waals surface area contributed by atoms with Crippen LogP contribution in [0.4, 0.5) is 0 Å². The maximum atomic E-state index is 14.9. The maximum Gasteiger partial charge on any atom is 0.247 e. The van der Waals surface area contributed by atoms with Crippen molar-refractivity contribution in [1.82, 2.24) is 14.7 Å². The monoisotopic (exact) mass is 579 g/mol. The zero-order valence-corrected chi connectivity index (χ0v) is 26.1. The summed E-state index contributed by atoms with van der Waals surface area (Å²) in [5.41, 5.74) is 0.292. The Morgan fingerprint density at radius 3 is 2.34 bits per heavy atom. The van der Waals surface area contributed by atoms with Crippen LogP contribution in [-0.2, 0) is 14.4 Å². The topological polar surface area (TPSA) is 81.2 Å². The molecule has 0 bridgehead atoms. The molecule has 5 rings (SSSR count). The van der Waals surface area contributed by atoms with Gasteiger partial charge in [0.25, 0.3) is 0 Å². The lowest BCUT2D eigenvalue weighted by molar-refractivity contribution is -0.149. The fraction of sp³-hybridized carbons (Fsp3) is 0.606. The molecular formula is C33H45N3O4S. The molecule has 1 spiro atoms. The number of aliphatic hydroxyl groups is 1. The Bertz CT molecular complexity index is 1240. The highest BCUT2D eigenvalue weighted by atomic mass is 32.2. The summed E-state index contributed by atoms with van der Waals surface area (Å²) in [7, 11) is 0.